The van der Waals surface area contributed by atoms with Crippen LogP contribution in [0.3, 0.4) is 0 Å². The summed E-state index contributed by atoms with van der Waals surface area (Å²) in [5.41, 5.74) is 1.80. The molecule has 0 radical (unpaired) electrons. The predicted octanol–water partition coefficient (Wildman–Crippen LogP) is 3.83. The molecule has 0 unspecified atom stereocenters. The molecule has 0 saturated heterocycles. The number of amides is 2. The van der Waals surface area contributed by atoms with E-state index in [9.17, 15) is 4.79 Å². The first-order chi connectivity index (χ1) is 11.6. The lowest BCUT2D eigenvalue weighted by Crippen LogP contribution is -2.36. The summed E-state index contributed by atoms with van der Waals surface area (Å²) in [6, 6.07) is 8.76. The molecule has 1 aromatic heterocycles. The number of nitrogens with one attached hydrogen (secondary N) is 2. The van der Waals surface area contributed by atoms with Gasteiger partial charge in [0.25, 0.3) is 0 Å². The van der Waals surface area contributed by atoms with Crippen LogP contribution in [-0.2, 0) is 13.0 Å². The molecule has 1 aromatic carbocycles. The zero-order valence-corrected chi connectivity index (χ0v) is 14.8. The van der Waals surface area contributed by atoms with Gasteiger partial charge in [0, 0.05) is 34.9 Å². The van der Waals surface area contributed by atoms with Crippen molar-refractivity contribution in [2.75, 3.05) is 13.2 Å². The second-order valence-electron chi connectivity index (χ2n) is 5.04. The Kier molecular flexibility index (Phi) is 7.15. The maximum absolute atomic E-state index is 11.9. The topological polar surface area (TPSA) is 63.2 Å². The van der Waals surface area contributed by atoms with Crippen LogP contribution in [0.4, 0.5) is 4.79 Å². The summed E-state index contributed by atoms with van der Waals surface area (Å²) in [4.78, 5) is 16.0. The number of urea groups is 1. The van der Waals surface area contributed by atoms with Crippen molar-refractivity contribution in [1.29, 1.82) is 0 Å². The summed E-state index contributed by atoms with van der Waals surface area (Å²) in [5.74, 6) is 0.536. The van der Waals surface area contributed by atoms with E-state index in [0.717, 1.165) is 11.1 Å². The van der Waals surface area contributed by atoms with Gasteiger partial charge in [0.15, 0.2) is 0 Å². The van der Waals surface area contributed by atoms with Gasteiger partial charge in [0.05, 0.1) is 6.61 Å². The number of halogens is 2. The average Bonchev–Trinajstić information content (AvgIpc) is 2.53. The summed E-state index contributed by atoms with van der Waals surface area (Å²) < 4.78 is 5.42. The molecular weight excluding hydrogens is 349 g/mol. The molecule has 7 heteroatoms. The van der Waals surface area contributed by atoms with E-state index in [1.807, 2.05) is 25.1 Å². The summed E-state index contributed by atoms with van der Waals surface area (Å²) >= 11 is 11.9. The van der Waals surface area contributed by atoms with Gasteiger partial charge in [0.1, 0.15) is 0 Å². The van der Waals surface area contributed by atoms with E-state index in [-0.39, 0.29) is 6.03 Å². The van der Waals surface area contributed by atoms with Gasteiger partial charge in [-0.25, -0.2) is 9.78 Å². The van der Waals surface area contributed by atoms with Crippen molar-refractivity contribution in [2.24, 2.45) is 0 Å². The molecule has 1 heterocycles. The summed E-state index contributed by atoms with van der Waals surface area (Å²) in [7, 11) is 0. The lowest BCUT2D eigenvalue weighted by Gasteiger charge is -2.11. The van der Waals surface area contributed by atoms with Gasteiger partial charge in [-0.3, -0.25) is 0 Å². The van der Waals surface area contributed by atoms with E-state index in [1.54, 1.807) is 18.3 Å². The maximum Gasteiger partial charge on any atom is 0.315 e. The van der Waals surface area contributed by atoms with Crippen LogP contribution in [-0.4, -0.2) is 24.2 Å². The molecule has 24 heavy (non-hydrogen) atoms. The molecular formula is C17H19Cl2N3O2. The van der Waals surface area contributed by atoms with Gasteiger partial charge in [0.2, 0.25) is 5.88 Å². The average molecular weight is 368 g/mol. The van der Waals surface area contributed by atoms with Crippen molar-refractivity contribution >= 4 is 29.2 Å². The van der Waals surface area contributed by atoms with E-state index in [1.165, 1.54) is 0 Å². The number of aromatic nitrogens is 1. The monoisotopic (exact) mass is 367 g/mol. The molecule has 2 rings (SSSR count). The van der Waals surface area contributed by atoms with Crippen molar-refractivity contribution in [1.82, 2.24) is 15.6 Å². The van der Waals surface area contributed by atoms with Crippen molar-refractivity contribution in [2.45, 2.75) is 19.9 Å². The fourth-order valence-corrected chi connectivity index (χ4v) is 2.71. The molecule has 0 aliphatic carbocycles. The third kappa shape index (κ3) is 5.91. The Balaban J connectivity index is 1.77. The first kappa shape index (κ1) is 18.4. The minimum Gasteiger partial charge on any atom is -0.478 e. The van der Waals surface area contributed by atoms with E-state index in [0.29, 0.717) is 42.0 Å². The molecule has 2 aromatic rings. The van der Waals surface area contributed by atoms with Crippen LogP contribution in [0.2, 0.25) is 10.0 Å². The van der Waals surface area contributed by atoms with Gasteiger partial charge in [-0.05, 0) is 43.2 Å². The Labute approximate surface area is 151 Å². The fourth-order valence-electron chi connectivity index (χ4n) is 2.14. The van der Waals surface area contributed by atoms with Crippen molar-refractivity contribution in [3.63, 3.8) is 0 Å². The SMILES string of the molecule is CCOc1ncccc1CNC(=O)NCCc1cc(Cl)cc(Cl)c1. The number of carbonyl (C=O) groups is 1. The molecule has 0 spiro atoms. The highest BCUT2D eigenvalue weighted by Gasteiger charge is 2.06. The lowest BCUT2D eigenvalue weighted by atomic mass is 10.1. The summed E-state index contributed by atoms with van der Waals surface area (Å²) in [5, 5.41) is 6.75. The van der Waals surface area contributed by atoms with E-state index >= 15 is 0 Å². The van der Waals surface area contributed by atoms with Crippen LogP contribution in [0.5, 0.6) is 5.88 Å². The largest absolute Gasteiger partial charge is 0.478 e. The first-order valence-electron chi connectivity index (χ1n) is 7.62. The fraction of sp³-hybridized carbons (Fsp3) is 0.294. The molecule has 5 nitrogen and oxygen atoms in total. The minimum absolute atomic E-state index is 0.255. The second kappa shape index (κ2) is 9.35. The maximum atomic E-state index is 11.9. The molecule has 128 valence electrons. The van der Waals surface area contributed by atoms with Crippen molar-refractivity contribution < 1.29 is 9.53 Å². The molecule has 0 atom stereocenters. The number of nitrogens with zero attached hydrogens (tertiary/aromatic N) is 1. The van der Waals surface area contributed by atoms with Crippen LogP contribution >= 0.6 is 23.2 Å². The molecule has 0 bridgehead atoms. The van der Waals surface area contributed by atoms with Gasteiger partial charge >= 0.3 is 6.03 Å². The lowest BCUT2D eigenvalue weighted by molar-refractivity contribution is 0.240. The van der Waals surface area contributed by atoms with E-state index < -0.39 is 0 Å². The quantitative estimate of drug-likeness (QED) is 0.781. The number of benzene rings is 1. The normalized spacial score (nSPS) is 10.3. The Hall–Kier alpha value is -1.98. The number of carbonyl (C=O) groups excluding carboxylic acids is 1. The number of rotatable bonds is 7. The Morgan fingerprint density at radius 1 is 1.21 bits per heavy atom. The Morgan fingerprint density at radius 3 is 2.67 bits per heavy atom. The van der Waals surface area contributed by atoms with Crippen molar-refractivity contribution in [3.05, 3.63) is 57.7 Å². The summed E-state index contributed by atoms with van der Waals surface area (Å²) in [6.07, 6.45) is 2.30. The summed E-state index contributed by atoms with van der Waals surface area (Å²) in [6.45, 7) is 3.24. The molecule has 2 N–H and O–H groups in total. The van der Waals surface area contributed by atoms with Crippen LogP contribution < -0.4 is 15.4 Å². The Morgan fingerprint density at radius 2 is 1.96 bits per heavy atom. The molecule has 2 amide bonds. The van der Waals surface area contributed by atoms with Crippen LogP contribution in [0, 0.1) is 0 Å². The number of hydrogen-bond acceptors (Lipinski definition) is 3. The first-order valence-corrected chi connectivity index (χ1v) is 8.37. The van der Waals surface area contributed by atoms with Gasteiger partial charge < -0.3 is 15.4 Å². The molecule has 0 saturated carbocycles. The molecule has 0 fully saturated rings. The zero-order valence-electron chi connectivity index (χ0n) is 13.3. The van der Waals surface area contributed by atoms with E-state index in [4.69, 9.17) is 27.9 Å². The highest BCUT2D eigenvalue weighted by atomic mass is 35.5. The number of hydrogen-bond donors (Lipinski definition) is 2. The minimum atomic E-state index is -0.255. The predicted molar refractivity (Wildman–Crippen MR) is 95.8 cm³/mol. The molecule has 0 aliphatic heterocycles. The Bertz CT molecular complexity index is 675. The van der Waals surface area contributed by atoms with Gasteiger partial charge in [-0.15, -0.1) is 0 Å². The second-order valence-corrected chi connectivity index (χ2v) is 5.91. The molecule has 0 aliphatic rings. The standard InChI is InChI=1S/C17H19Cl2N3O2/c1-2-24-16-13(4-3-6-20-16)11-22-17(23)21-7-5-12-8-14(18)10-15(19)9-12/h3-4,6,8-10H,2,5,7,11H2,1H3,(H2,21,22,23). The zero-order chi connectivity index (χ0) is 17.4. The smallest absolute Gasteiger partial charge is 0.315 e. The van der Waals surface area contributed by atoms with Crippen molar-refractivity contribution in [3.8, 4) is 5.88 Å². The van der Waals surface area contributed by atoms with Crippen LogP contribution in [0.25, 0.3) is 0 Å². The van der Waals surface area contributed by atoms with E-state index in [2.05, 4.69) is 15.6 Å². The highest BCUT2D eigenvalue weighted by Crippen LogP contribution is 2.19. The van der Waals surface area contributed by atoms with Gasteiger partial charge in [-0.1, -0.05) is 29.3 Å². The van der Waals surface area contributed by atoms with Crippen LogP contribution in [0.15, 0.2) is 36.5 Å². The van der Waals surface area contributed by atoms with Gasteiger partial charge in [-0.2, -0.15) is 0 Å². The van der Waals surface area contributed by atoms with Crippen LogP contribution in [0.1, 0.15) is 18.1 Å². The third-order valence-corrected chi connectivity index (χ3v) is 3.63. The highest BCUT2D eigenvalue weighted by molar-refractivity contribution is 6.34. The number of ether oxygens (including phenoxy) is 1. The third-order valence-electron chi connectivity index (χ3n) is 3.19. The number of pyridine rings is 1.